The molecule has 0 spiro atoms. The van der Waals surface area contributed by atoms with Crippen molar-refractivity contribution in [1.82, 2.24) is 9.80 Å². The van der Waals surface area contributed by atoms with Gasteiger partial charge >= 0.3 is 5.97 Å². The van der Waals surface area contributed by atoms with Gasteiger partial charge in [-0.05, 0) is 55.5 Å². The largest absolute Gasteiger partial charge is 0.480 e. The van der Waals surface area contributed by atoms with E-state index in [2.05, 4.69) is 9.80 Å². The third-order valence-electron chi connectivity index (χ3n) is 5.35. The molecule has 1 unspecified atom stereocenters. The number of nitrogens with zero attached hydrogens (tertiary/aromatic N) is 2. The molecule has 0 bridgehead atoms. The number of hydrogen-bond acceptors (Lipinski definition) is 3. The van der Waals surface area contributed by atoms with E-state index in [-0.39, 0.29) is 24.8 Å². The fourth-order valence-electron chi connectivity index (χ4n) is 4.17. The molecule has 4 nitrogen and oxygen atoms in total. The molecule has 1 saturated heterocycles. The van der Waals surface area contributed by atoms with Gasteiger partial charge in [-0.2, -0.15) is 0 Å². The van der Waals surface area contributed by atoms with Crippen LogP contribution in [0.4, 0.5) is 4.39 Å². The minimum Gasteiger partial charge on any atom is -0.480 e. The number of likely N-dealkylation sites (tertiary alicyclic amines) is 1. The highest BCUT2D eigenvalue weighted by molar-refractivity contribution is 5.85. The lowest BCUT2D eigenvalue weighted by Crippen LogP contribution is -2.47. The van der Waals surface area contributed by atoms with Crippen LogP contribution in [0.25, 0.3) is 0 Å². The summed E-state index contributed by atoms with van der Waals surface area (Å²) in [6.07, 6.45) is 4.07. The zero-order valence-electron chi connectivity index (χ0n) is 14.1. The molecule has 1 aliphatic carbocycles. The number of carboxylic acids is 1. The van der Waals surface area contributed by atoms with Gasteiger partial charge < -0.3 is 5.11 Å². The Labute approximate surface area is 149 Å². The van der Waals surface area contributed by atoms with Crippen LogP contribution in [0.5, 0.6) is 0 Å². The fraction of sp³-hybridized carbons (Fsp3) is 0.611. The molecular weight excluding hydrogens is 331 g/mol. The summed E-state index contributed by atoms with van der Waals surface area (Å²) in [6.45, 7) is 4.83. The molecule has 1 atom stereocenters. The lowest BCUT2D eigenvalue weighted by molar-refractivity contribution is -0.139. The Morgan fingerprint density at radius 1 is 1.33 bits per heavy atom. The summed E-state index contributed by atoms with van der Waals surface area (Å²) in [5, 5.41) is 9.02. The highest BCUT2D eigenvalue weighted by atomic mass is 35.5. The normalized spacial score (nSPS) is 21.5. The smallest absolute Gasteiger partial charge is 0.317 e. The Balaban J connectivity index is 0.00000208. The second kappa shape index (κ2) is 8.28. The molecular formula is C18H26ClFN2O2. The third-order valence-corrected chi connectivity index (χ3v) is 5.35. The van der Waals surface area contributed by atoms with Crippen LogP contribution < -0.4 is 0 Å². The lowest BCUT2D eigenvalue weighted by atomic mass is 9.99. The molecule has 1 aliphatic heterocycles. The van der Waals surface area contributed by atoms with Crippen LogP contribution in [0.1, 0.15) is 43.4 Å². The summed E-state index contributed by atoms with van der Waals surface area (Å²) in [5.41, 5.74) is 2.43. The SMILES string of the molecule is CCN(CC(=O)O)C1CCN(C2CCc3ccc(F)cc32)CC1.Cl. The first-order valence-electron chi connectivity index (χ1n) is 8.56. The van der Waals surface area contributed by atoms with Crippen molar-refractivity contribution in [3.63, 3.8) is 0 Å². The highest BCUT2D eigenvalue weighted by Crippen LogP contribution is 2.37. The summed E-state index contributed by atoms with van der Waals surface area (Å²) in [5.74, 6) is -0.904. The van der Waals surface area contributed by atoms with Crippen molar-refractivity contribution in [3.8, 4) is 0 Å². The number of carboxylic acid groups (broad SMARTS) is 1. The molecule has 2 aliphatic rings. The molecule has 1 aromatic rings. The maximum atomic E-state index is 13.6. The minimum atomic E-state index is -0.755. The predicted molar refractivity (Wildman–Crippen MR) is 94.2 cm³/mol. The van der Waals surface area contributed by atoms with Gasteiger partial charge in [-0.25, -0.2) is 4.39 Å². The summed E-state index contributed by atoms with van der Waals surface area (Å²) in [7, 11) is 0. The summed E-state index contributed by atoms with van der Waals surface area (Å²) in [4.78, 5) is 15.5. The van der Waals surface area contributed by atoms with E-state index in [9.17, 15) is 9.18 Å². The van der Waals surface area contributed by atoms with E-state index >= 15 is 0 Å². The van der Waals surface area contributed by atoms with Gasteiger partial charge in [0.2, 0.25) is 0 Å². The molecule has 1 aromatic carbocycles. The Hall–Kier alpha value is -1.17. The van der Waals surface area contributed by atoms with Crippen LogP contribution in [0.15, 0.2) is 18.2 Å². The zero-order valence-corrected chi connectivity index (χ0v) is 14.9. The lowest BCUT2D eigenvalue weighted by Gasteiger charge is -2.40. The number of hydrogen-bond donors (Lipinski definition) is 1. The molecule has 6 heteroatoms. The first kappa shape index (κ1) is 19.2. The van der Waals surface area contributed by atoms with Crippen LogP contribution in [0.2, 0.25) is 0 Å². The average molecular weight is 357 g/mol. The number of aliphatic carboxylic acids is 1. The molecule has 3 rings (SSSR count). The number of carbonyl (C=O) groups is 1. The van der Waals surface area contributed by atoms with Crippen molar-refractivity contribution in [3.05, 3.63) is 35.1 Å². The summed E-state index contributed by atoms with van der Waals surface area (Å²) in [6, 6.07) is 5.85. The van der Waals surface area contributed by atoms with Gasteiger partial charge in [0.1, 0.15) is 5.82 Å². The van der Waals surface area contributed by atoms with Gasteiger partial charge in [0.05, 0.1) is 6.54 Å². The highest BCUT2D eigenvalue weighted by Gasteiger charge is 2.32. The van der Waals surface area contributed by atoms with Gasteiger partial charge in [0.15, 0.2) is 0 Å². The van der Waals surface area contributed by atoms with Crippen molar-refractivity contribution in [1.29, 1.82) is 0 Å². The first-order valence-corrected chi connectivity index (χ1v) is 8.56. The number of aryl methyl sites for hydroxylation is 1. The topological polar surface area (TPSA) is 43.8 Å². The van der Waals surface area contributed by atoms with Crippen molar-refractivity contribution in [2.45, 2.75) is 44.7 Å². The molecule has 1 fully saturated rings. The van der Waals surface area contributed by atoms with Crippen LogP contribution in [-0.2, 0) is 11.2 Å². The molecule has 134 valence electrons. The van der Waals surface area contributed by atoms with E-state index in [0.717, 1.165) is 50.9 Å². The number of rotatable bonds is 5. The molecule has 0 aromatic heterocycles. The second-order valence-electron chi connectivity index (χ2n) is 6.62. The second-order valence-corrected chi connectivity index (χ2v) is 6.62. The van der Waals surface area contributed by atoms with Crippen LogP contribution >= 0.6 is 12.4 Å². The maximum Gasteiger partial charge on any atom is 0.317 e. The fourth-order valence-corrected chi connectivity index (χ4v) is 4.17. The molecule has 0 saturated carbocycles. The predicted octanol–water partition coefficient (Wildman–Crippen LogP) is 3.11. The van der Waals surface area contributed by atoms with Gasteiger partial charge in [-0.15, -0.1) is 12.4 Å². The molecule has 24 heavy (non-hydrogen) atoms. The number of piperidine rings is 1. The Morgan fingerprint density at radius 2 is 2.04 bits per heavy atom. The molecule has 0 amide bonds. The van der Waals surface area contributed by atoms with Crippen LogP contribution in [-0.4, -0.2) is 53.1 Å². The Kier molecular flexibility index (Phi) is 6.61. The zero-order chi connectivity index (χ0) is 16.4. The van der Waals surface area contributed by atoms with E-state index in [1.165, 1.54) is 5.56 Å². The average Bonchev–Trinajstić information content (AvgIpc) is 2.95. The van der Waals surface area contributed by atoms with E-state index < -0.39 is 5.97 Å². The van der Waals surface area contributed by atoms with Gasteiger partial charge in [0.25, 0.3) is 0 Å². The van der Waals surface area contributed by atoms with E-state index in [4.69, 9.17) is 5.11 Å². The van der Waals surface area contributed by atoms with Crippen molar-refractivity contribution < 1.29 is 14.3 Å². The van der Waals surface area contributed by atoms with Gasteiger partial charge in [0, 0.05) is 25.2 Å². The molecule has 0 radical (unpaired) electrons. The quantitative estimate of drug-likeness (QED) is 0.880. The third kappa shape index (κ3) is 4.08. The number of likely N-dealkylation sites (N-methyl/N-ethyl adjacent to an activating group) is 1. The van der Waals surface area contributed by atoms with Crippen LogP contribution in [0.3, 0.4) is 0 Å². The first-order chi connectivity index (χ1) is 11.1. The number of benzene rings is 1. The summed E-state index contributed by atoms with van der Waals surface area (Å²) >= 11 is 0. The Morgan fingerprint density at radius 3 is 2.67 bits per heavy atom. The number of halogens is 2. The minimum absolute atomic E-state index is 0. The van der Waals surface area contributed by atoms with Crippen molar-refractivity contribution in [2.24, 2.45) is 0 Å². The molecule has 1 heterocycles. The van der Waals surface area contributed by atoms with Gasteiger partial charge in [-0.3, -0.25) is 14.6 Å². The van der Waals surface area contributed by atoms with E-state index in [1.807, 2.05) is 13.0 Å². The molecule has 1 N–H and O–H groups in total. The standard InChI is InChI=1S/C18H25FN2O2.ClH/c1-2-20(12-18(22)23)15-7-9-21(10-8-15)17-6-4-13-3-5-14(19)11-16(13)17;/h3,5,11,15,17H,2,4,6-10,12H2,1H3,(H,22,23);1H. The van der Waals surface area contributed by atoms with E-state index in [0.29, 0.717) is 12.1 Å². The monoisotopic (exact) mass is 356 g/mol. The van der Waals surface area contributed by atoms with Crippen molar-refractivity contribution in [2.75, 3.05) is 26.2 Å². The number of fused-ring (bicyclic) bond motifs is 1. The maximum absolute atomic E-state index is 13.6. The van der Waals surface area contributed by atoms with Crippen LogP contribution in [0, 0.1) is 5.82 Å². The Bertz CT molecular complexity index is 576. The summed E-state index contributed by atoms with van der Waals surface area (Å²) < 4.78 is 13.6. The van der Waals surface area contributed by atoms with Crippen molar-refractivity contribution >= 4 is 18.4 Å². The van der Waals surface area contributed by atoms with Gasteiger partial charge in [-0.1, -0.05) is 13.0 Å². The van der Waals surface area contributed by atoms with E-state index in [1.54, 1.807) is 12.1 Å².